The molecule has 1 aliphatic heterocycles. The van der Waals surface area contributed by atoms with E-state index in [9.17, 15) is 13.6 Å². The van der Waals surface area contributed by atoms with E-state index in [1.165, 1.54) is 0 Å². The fraction of sp³-hybridized carbons (Fsp3) is 0.250. The van der Waals surface area contributed by atoms with Crippen molar-refractivity contribution in [1.82, 2.24) is 0 Å². The van der Waals surface area contributed by atoms with E-state index in [-0.39, 0.29) is 24.4 Å². The van der Waals surface area contributed by atoms with Gasteiger partial charge in [0.2, 0.25) is 11.6 Å². The molecule has 1 aromatic heterocycles. The predicted octanol–water partition coefficient (Wildman–Crippen LogP) is 2.27. The molecule has 18 heavy (non-hydrogen) atoms. The second-order valence-electron chi connectivity index (χ2n) is 4.07. The second-order valence-corrected chi connectivity index (χ2v) is 4.07. The van der Waals surface area contributed by atoms with E-state index in [2.05, 4.69) is 0 Å². The van der Waals surface area contributed by atoms with Crippen molar-refractivity contribution in [3.8, 4) is 5.75 Å². The third-order valence-electron chi connectivity index (χ3n) is 2.97. The van der Waals surface area contributed by atoms with Crippen LogP contribution in [-0.4, -0.2) is 17.7 Å². The molecule has 0 unspecified atom stereocenters. The van der Waals surface area contributed by atoms with Crippen molar-refractivity contribution in [3.63, 3.8) is 0 Å². The Morgan fingerprint density at radius 1 is 1.39 bits per heavy atom. The van der Waals surface area contributed by atoms with Crippen LogP contribution in [0.4, 0.5) is 8.78 Å². The van der Waals surface area contributed by atoms with Gasteiger partial charge in [-0.1, -0.05) is 0 Å². The lowest BCUT2D eigenvalue weighted by Crippen LogP contribution is -2.00. The van der Waals surface area contributed by atoms with E-state index >= 15 is 0 Å². The number of aliphatic carboxylic acids is 1. The smallest absolute Gasteiger partial charge is 0.307 e. The molecule has 0 radical (unpaired) electrons. The van der Waals surface area contributed by atoms with Crippen LogP contribution in [0.3, 0.4) is 0 Å². The lowest BCUT2D eigenvalue weighted by atomic mass is 10.0. The molecular weight excluding hydrogens is 246 g/mol. The summed E-state index contributed by atoms with van der Waals surface area (Å²) in [6, 6.07) is 0. The highest BCUT2D eigenvalue weighted by Crippen LogP contribution is 2.40. The zero-order valence-electron chi connectivity index (χ0n) is 9.13. The number of halogens is 2. The van der Waals surface area contributed by atoms with E-state index in [4.69, 9.17) is 14.3 Å². The van der Waals surface area contributed by atoms with E-state index in [0.29, 0.717) is 22.9 Å². The summed E-state index contributed by atoms with van der Waals surface area (Å²) in [5.41, 5.74) is 0.569. The molecule has 1 aromatic carbocycles. The quantitative estimate of drug-likeness (QED) is 0.893. The van der Waals surface area contributed by atoms with Crippen molar-refractivity contribution in [2.24, 2.45) is 0 Å². The van der Waals surface area contributed by atoms with Crippen LogP contribution in [0, 0.1) is 11.6 Å². The SMILES string of the molecule is O=C(O)Cc1coc2c(F)c(F)c3c(c12)CCO3. The summed E-state index contributed by atoms with van der Waals surface area (Å²) >= 11 is 0. The molecule has 3 rings (SSSR count). The molecule has 1 N–H and O–H groups in total. The largest absolute Gasteiger partial charge is 0.490 e. The Kier molecular flexibility index (Phi) is 2.26. The molecular formula is C12H8F2O4. The molecule has 0 bridgehead atoms. The standard InChI is InChI=1S/C12H8F2O4/c13-9-10(14)12-8(6-1-2-17-11(6)9)5(4-18-12)3-7(15)16/h4H,1-3H2,(H,15,16). The first-order valence-corrected chi connectivity index (χ1v) is 5.34. The number of carbonyl (C=O) groups is 1. The lowest BCUT2D eigenvalue weighted by molar-refractivity contribution is -0.136. The number of ether oxygens (including phenoxy) is 1. The van der Waals surface area contributed by atoms with Gasteiger partial charge in [-0.2, -0.15) is 8.78 Å². The van der Waals surface area contributed by atoms with Crippen molar-refractivity contribution < 1.29 is 27.8 Å². The van der Waals surface area contributed by atoms with Gasteiger partial charge in [-0.25, -0.2) is 0 Å². The van der Waals surface area contributed by atoms with Gasteiger partial charge >= 0.3 is 5.97 Å². The van der Waals surface area contributed by atoms with Crippen molar-refractivity contribution in [2.45, 2.75) is 12.8 Å². The minimum atomic E-state index is -1.14. The highest BCUT2D eigenvalue weighted by molar-refractivity contribution is 5.90. The number of rotatable bonds is 2. The molecule has 0 spiro atoms. The molecule has 0 saturated carbocycles. The van der Waals surface area contributed by atoms with Crippen LogP contribution in [0.5, 0.6) is 5.75 Å². The van der Waals surface area contributed by atoms with Crippen LogP contribution in [0.25, 0.3) is 11.0 Å². The minimum absolute atomic E-state index is 0.131. The fourth-order valence-corrected chi connectivity index (χ4v) is 2.27. The van der Waals surface area contributed by atoms with Crippen molar-refractivity contribution in [3.05, 3.63) is 29.0 Å². The Balaban J connectivity index is 2.34. The molecule has 0 atom stereocenters. The number of hydrogen-bond donors (Lipinski definition) is 1. The first kappa shape index (κ1) is 11.0. The van der Waals surface area contributed by atoms with E-state index in [1.807, 2.05) is 0 Å². The zero-order chi connectivity index (χ0) is 12.9. The van der Waals surface area contributed by atoms with E-state index < -0.39 is 17.6 Å². The lowest BCUT2D eigenvalue weighted by Gasteiger charge is -2.04. The van der Waals surface area contributed by atoms with Crippen LogP contribution in [0.1, 0.15) is 11.1 Å². The molecule has 2 heterocycles. The minimum Gasteiger partial charge on any atom is -0.490 e. The van der Waals surface area contributed by atoms with Gasteiger partial charge < -0.3 is 14.3 Å². The number of fused-ring (bicyclic) bond motifs is 3. The number of carboxylic acids is 1. The summed E-state index contributed by atoms with van der Waals surface area (Å²) < 4.78 is 37.3. The molecule has 6 heteroatoms. The summed E-state index contributed by atoms with van der Waals surface area (Å²) in [6.07, 6.45) is 1.26. The molecule has 0 saturated heterocycles. The maximum atomic E-state index is 13.7. The Morgan fingerprint density at radius 3 is 2.89 bits per heavy atom. The maximum Gasteiger partial charge on any atom is 0.307 e. The zero-order valence-corrected chi connectivity index (χ0v) is 9.13. The maximum absolute atomic E-state index is 13.7. The average molecular weight is 254 g/mol. The Morgan fingerprint density at radius 2 is 2.17 bits per heavy atom. The Bertz CT molecular complexity index is 660. The average Bonchev–Trinajstić information content (AvgIpc) is 2.91. The van der Waals surface area contributed by atoms with Crippen molar-refractivity contribution in [2.75, 3.05) is 6.61 Å². The van der Waals surface area contributed by atoms with Gasteiger partial charge in [-0.3, -0.25) is 4.79 Å². The number of carboxylic acid groups (broad SMARTS) is 1. The fourth-order valence-electron chi connectivity index (χ4n) is 2.27. The first-order chi connectivity index (χ1) is 8.59. The summed E-state index contributed by atoms with van der Waals surface area (Å²) in [4.78, 5) is 10.7. The van der Waals surface area contributed by atoms with Crippen LogP contribution in [0.15, 0.2) is 10.7 Å². The van der Waals surface area contributed by atoms with Gasteiger partial charge in [0.1, 0.15) is 0 Å². The first-order valence-electron chi connectivity index (χ1n) is 5.34. The molecule has 94 valence electrons. The van der Waals surface area contributed by atoms with Gasteiger partial charge in [0.15, 0.2) is 11.3 Å². The molecule has 0 amide bonds. The predicted molar refractivity (Wildman–Crippen MR) is 56.7 cm³/mol. The monoisotopic (exact) mass is 254 g/mol. The van der Waals surface area contributed by atoms with Gasteiger partial charge in [-0.15, -0.1) is 0 Å². The highest BCUT2D eigenvalue weighted by atomic mass is 19.2. The van der Waals surface area contributed by atoms with Crippen LogP contribution in [0.2, 0.25) is 0 Å². The summed E-state index contributed by atoms with van der Waals surface area (Å²) in [7, 11) is 0. The molecule has 2 aromatic rings. The van der Waals surface area contributed by atoms with Gasteiger partial charge in [-0.05, 0) is 0 Å². The summed E-state index contributed by atoms with van der Waals surface area (Å²) in [5.74, 6) is -3.41. The molecule has 4 nitrogen and oxygen atoms in total. The number of furan rings is 1. The van der Waals surface area contributed by atoms with Crippen LogP contribution >= 0.6 is 0 Å². The van der Waals surface area contributed by atoms with E-state index in [1.54, 1.807) is 0 Å². The van der Waals surface area contributed by atoms with E-state index in [0.717, 1.165) is 6.26 Å². The van der Waals surface area contributed by atoms with Gasteiger partial charge in [0.25, 0.3) is 0 Å². The molecule has 0 aliphatic carbocycles. The van der Waals surface area contributed by atoms with Crippen LogP contribution in [-0.2, 0) is 17.6 Å². The Labute approximate surface area is 99.8 Å². The number of hydrogen-bond acceptors (Lipinski definition) is 3. The molecule has 0 fully saturated rings. The third kappa shape index (κ3) is 1.38. The third-order valence-corrected chi connectivity index (χ3v) is 2.97. The van der Waals surface area contributed by atoms with Gasteiger partial charge in [0.05, 0.1) is 19.3 Å². The topological polar surface area (TPSA) is 59.7 Å². The summed E-state index contributed by atoms with van der Waals surface area (Å²) in [6.45, 7) is 0.252. The highest BCUT2D eigenvalue weighted by Gasteiger charge is 2.29. The van der Waals surface area contributed by atoms with Crippen molar-refractivity contribution >= 4 is 16.9 Å². The summed E-state index contributed by atoms with van der Waals surface area (Å²) in [5, 5.41) is 9.10. The second kappa shape index (κ2) is 3.69. The molecule has 1 aliphatic rings. The normalized spacial score (nSPS) is 13.7. The van der Waals surface area contributed by atoms with Crippen molar-refractivity contribution in [1.29, 1.82) is 0 Å². The van der Waals surface area contributed by atoms with Crippen LogP contribution < -0.4 is 4.74 Å². The number of benzene rings is 1. The van der Waals surface area contributed by atoms with Gasteiger partial charge in [0, 0.05) is 22.9 Å². The Hall–Kier alpha value is -2.11.